The first-order chi connectivity index (χ1) is 8.74. The first-order valence-corrected chi connectivity index (χ1v) is 6.32. The molecule has 19 heavy (non-hydrogen) atoms. The molecule has 1 saturated carbocycles. The number of aromatic nitrogens is 4. The number of halogens is 1. The van der Waals surface area contributed by atoms with E-state index < -0.39 is 0 Å². The Morgan fingerprint density at radius 2 is 2.11 bits per heavy atom. The fraction of sp³-hybridized carbons (Fsp3) is 0.583. The summed E-state index contributed by atoms with van der Waals surface area (Å²) in [7, 11) is 1.86. The maximum absolute atomic E-state index is 6.12. The Morgan fingerprint density at radius 3 is 2.79 bits per heavy atom. The van der Waals surface area contributed by atoms with Gasteiger partial charge in [0.05, 0.1) is 17.7 Å². The molecule has 0 saturated heterocycles. The van der Waals surface area contributed by atoms with Crippen molar-refractivity contribution in [3.8, 4) is 11.5 Å². The number of nitrogens with two attached hydrogens (primary N) is 1. The van der Waals surface area contributed by atoms with Gasteiger partial charge in [-0.2, -0.15) is 5.10 Å². The third-order valence-electron chi connectivity index (χ3n) is 3.53. The molecule has 6 nitrogen and oxygen atoms in total. The van der Waals surface area contributed by atoms with Crippen molar-refractivity contribution in [3.63, 3.8) is 0 Å². The molecular weight excluding hydrogens is 266 g/mol. The van der Waals surface area contributed by atoms with E-state index in [9.17, 15) is 0 Å². The fourth-order valence-electron chi connectivity index (χ4n) is 2.50. The zero-order valence-electron chi connectivity index (χ0n) is 10.8. The number of rotatable bonds is 2. The number of aryl methyl sites for hydroxylation is 1. The average Bonchev–Trinajstić information content (AvgIpc) is 2.98. The van der Waals surface area contributed by atoms with Crippen LogP contribution in [0.5, 0.6) is 0 Å². The topological polar surface area (TPSA) is 82.8 Å². The lowest BCUT2D eigenvalue weighted by Crippen LogP contribution is -2.31. The van der Waals surface area contributed by atoms with Crippen LogP contribution < -0.4 is 5.73 Å². The normalized spacial score (nSPS) is 23.1. The highest BCUT2D eigenvalue weighted by Crippen LogP contribution is 2.32. The van der Waals surface area contributed by atoms with Crippen LogP contribution in [0.4, 0.5) is 0 Å². The lowest BCUT2D eigenvalue weighted by atomic mass is 9.85. The molecule has 3 rings (SSSR count). The van der Waals surface area contributed by atoms with E-state index in [4.69, 9.17) is 10.2 Å². The predicted octanol–water partition coefficient (Wildman–Crippen LogP) is 1.88. The third-order valence-corrected chi connectivity index (χ3v) is 3.53. The molecule has 2 N–H and O–H groups in total. The van der Waals surface area contributed by atoms with Gasteiger partial charge in [-0.15, -0.1) is 22.6 Å². The lowest BCUT2D eigenvalue weighted by molar-refractivity contribution is 0.328. The second kappa shape index (κ2) is 5.71. The summed E-state index contributed by atoms with van der Waals surface area (Å²) in [6.07, 6.45) is 8.03. The van der Waals surface area contributed by atoms with Gasteiger partial charge in [-0.3, -0.25) is 4.68 Å². The Kier molecular flexibility index (Phi) is 4.21. The summed E-state index contributed by atoms with van der Waals surface area (Å²) in [6, 6.07) is 0.140. The molecule has 0 aromatic carbocycles. The predicted molar refractivity (Wildman–Crippen MR) is 72.9 cm³/mol. The molecule has 104 valence electrons. The summed E-state index contributed by atoms with van der Waals surface area (Å²) >= 11 is 0. The summed E-state index contributed by atoms with van der Waals surface area (Å²) in [5.41, 5.74) is 6.97. The third kappa shape index (κ3) is 2.79. The zero-order valence-corrected chi connectivity index (χ0v) is 11.6. The molecule has 1 aliphatic carbocycles. The minimum atomic E-state index is 0. The van der Waals surface area contributed by atoms with Crippen LogP contribution in [0.1, 0.15) is 37.5 Å². The summed E-state index contributed by atoms with van der Waals surface area (Å²) in [5.74, 6) is 1.40. The summed E-state index contributed by atoms with van der Waals surface area (Å²) in [5, 5.41) is 12.3. The minimum absolute atomic E-state index is 0. The maximum atomic E-state index is 6.12. The second-order valence-corrected chi connectivity index (χ2v) is 4.90. The van der Waals surface area contributed by atoms with Crippen molar-refractivity contribution in [2.24, 2.45) is 12.8 Å². The van der Waals surface area contributed by atoms with Crippen LogP contribution in [0.15, 0.2) is 16.8 Å². The van der Waals surface area contributed by atoms with Gasteiger partial charge in [0, 0.05) is 19.3 Å². The Labute approximate surface area is 117 Å². The van der Waals surface area contributed by atoms with Crippen LogP contribution >= 0.6 is 12.4 Å². The number of nitrogens with zero attached hydrogens (tertiary/aromatic N) is 4. The van der Waals surface area contributed by atoms with Crippen molar-refractivity contribution in [1.29, 1.82) is 0 Å². The highest BCUT2D eigenvalue weighted by molar-refractivity contribution is 5.85. The van der Waals surface area contributed by atoms with E-state index in [-0.39, 0.29) is 24.4 Å². The minimum Gasteiger partial charge on any atom is -0.420 e. The van der Waals surface area contributed by atoms with Crippen molar-refractivity contribution < 1.29 is 4.42 Å². The maximum Gasteiger partial charge on any atom is 0.250 e. The van der Waals surface area contributed by atoms with E-state index in [2.05, 4.69) is 15.3 Å². The van der Waals surface area contributed by atoms with Crippen molar-refractivity contribution in [2.45, 2.75) is 37.6 Å². The molecule has 0 spiro atoms. The summed E-state index contributed by atoms with van der Waals surface area (Å²) in [4.78, 5) is 0. The molecule has 0 radical (unpaired) electrons. The molecule has 2 heterocycles. The van der Waals surface area contributed by atoms with Crippen molar-refractivity contribution in [2.75, 3.05) is 0 Å². The van der Waals surface area contributed by atoms with Crippen molar-refractivity contribution in [1.82, 2.24) is 20.0 Å². The van der Waals surface area contributed by atoms with E-state index in [1.807, 2.05) is 13.2 Å². The molecule has 1 aliphatic rings. The molecule has 0 bridgehead atoms. The van der Waals surface area contributed by atoms with Crippen molar-refractivity contribution >= 4 is 12.4 Å². The lowest BCUT2D eigenvalue weighted by Gasteiger charge is -2.25. The summed E-state index contributed by atoms with van der Waals surface area (Å²) in [6.45, 7) is 0. The van der Waals surface area contributed by atoms with Gasteiger partial charge in [-0.05, 0) is 12.8 Å². The second-order valence-electron chi connectivity index (χ2n) is 4.90. The Balaban J connectivity index is 0.00000133. The van der Waals surface area contributed by atoms with Gasteiger partial charge in [0.15, 0.2) is 0 Å². The van der Waals surface area contributed by atoms with Gasteiger partial charge in [-0.1, -0.05) is 12.8 Å². The Bertz CT molecular complexity index is 538. The average molecular weight is 284 g/mol. The van der Waals surface area contributed by atoms with E-state index in [0.717, 1.165) is 18.4 Å². The van der Waals surface area contributed by atoms with Gasteiger partial charge < -0.3 is 10.2 Å². The molecule has 2 aromatic heterocycles. The molecular formula is C12H18ClN5O. The number of hydrogen-bond donors (Lipinski definition) is 1. The monoisotopic (exact) mass is 283 g/mol. The largest absolute Gasteiger partial charge is 0.420 e. The molecule has 7 heteroatoms. The quantitative estimate of drug-likeness (QED) is 0.910. The molecule has 0 unspecified atom stereocenters. The molecule has 0 aliphatic heterocycles. The molecule has 0 amide bonds. The standard InChI is InChI=1S/C12H17N5O.ClH/c1-17-7-8(6-14-17)11-15-16-12(18-11)9-4-2-3-5-10(9)13;/h6-7,9-10H,2-5,13H2,1H3;1H/t9-,10-;/m1./s1. The van der Waals surface area contributed by atoms with Gasteiger partial charge in [0.2, 0.25) is 5.89 Å². The Hall–Kier alpha value is -1.40. The SMILES string of the molecule is Cl.Cn1cc(-c2nnc([C@@H]3CCCC[C@H]3N)o2)cn1. The van der Waals surface area contributed by atoms with Gasteiger partial charge in [-0.25, -0.2) is 0 Å². The van der Waals surface area contributed by atoms with E-state index >= 15 is 0 Å². The first-order valence-electron chi connectivity index (χ1n) is 6.32. The molecule has 1 fully saturated rings. The summed E-state index contributed by atoms with van der Waals surface area (Å²) < 4.78 is 7.45. The van der Waals surface area contributed by atoms with E-state index in [1.54, 1.807) is 10.9 Å². The fourth-order valence-corrected chi connectivity index (χ4v) is 2.50. The zero-order chi connectivity index (χ0) is 12.5. The van der Waals surface area contributed by atoms with Crippen LogP contribution in [0, 0.1) is 0 Å². The molecule has 2 aromatic rings. The van der Waals surface area contributed by atoms with Gasteiger partial charge >= 0.3 is 0 Å². The smallest absolute Gasteiger partial charge is 0.250 e. The van der Waals surface area contributed by atoms with Crippen LogP contribution in [-0.2, 0) is 7.05 Å². The van der Waals surface area contributed by atoms with Crippen LogP contribution in [0.3, 0.4) is 0 Å². The van der Waals surface area contributed by atoms with E-state index in [0.29, 0.717) is 11.8 Å². The van der Waals surface area contributed by atoms with Gasteiger partial charge in [0.1, 0.15) is 0 Å². The Morgan fingerprint density at radius 1 is 1.32 bits per heavy atom. The van der Waals surface area contributed by atoms with Crippen LogP contribution in [0.25, 0.3) is 11.5 Å². The van der Waals surface area contributed by atoms with Crippen LogP contribution in [0.2, 0.25) is 0 Å². The first kappa shape index (κ1) is 14.0. The van der Waals surface area contributed by atoms with E-state index in [1.165, 1.54) is 12.8 Å². The van der Waals surface area contributed by atoms with Crippen molar-refractivity contribution in [3.05, 3.63) is 18.3 Å². The highest BCUT2D eigenvalue weighted by Gasteiger charge is 2.28. The highest BCUT2D eigenvalue weighted by atomic mass is 35.5. The van der Waals surface area contributed by atoms with Gasteiger partial charge in [0.25, 0.3) is 5.89 Å². The molecule has 2 atom stereocenters. The number of hydrogen-bond acceptors (Lipinski definition) is 5. The van der Waals surface area contributed by atoms with Crippen LogP contribution in [-0.4, -0.2) is 26.0 Å².